The van der Waals surface area contributed by atoms with Gasteiger partial charge in [0.05, 0.1) is 22.3 Å². The molecule has 11 aromatic rings. The van der Waals surface area contributed by atoms with Crippen molar-refractivity contribution in [2.45, 2.75) is 37.6 Å². The van der Waals surface area contributed by atoms with E-state index in [9.17, 15) is 40.2 Å². The summed E-state index contributed by atoms with van der Waals surface area (Å²) in [5.41, 5.74) is -8.54. The van der Waals surface area contributed by atoms with Crippen LogP contribution in [0.3, 0.4) is 0 Å². The zero-order valence-electron chi connectivity index (χ0n) is 47.2. The monoisotopic (exact) mass is 1250 g/mol. The predicted molar refractivity (Wildman–Crippen MR) is 330 cm³/mol. The first-order valence-electron chi connectivity index (χ1n) is 27.7. The van der Waals surface area contributed by atoms with Crippen LogP contribution < -0.4 is 41.9 Å². The lowest BCUT2D eigenvalue weighted by molar-refractivity contribution is -0.185. The number of benzene rings is 7. The molecule has 0 amide bonds. The second kappa shape index (κ2) is 23.5. The molecule has 0 N–H and O–H groups in total. The first kappa shape index (κ1) is 58.4. The van der Waals surface area contributed by atoms with Crippen molar-refractivity contribution in [2.75, 3.05) is 0 Å². The first-order chi connectivity index (χ1) is 44.7. The molecule has 2 aromatic heterocycles. The van der Waals surface area contributed by atoms with Gasteiger partial charge in [0.15, 0.2) is 10.7 Å². The number of fused-ring (bicyclic) bond motifs is 8. The second-order valence-corrected chi connectivity index (χ2v) is 22.9. The first-order valence-corrected chi connectivity index (χ1v) is 29.3. The Morgan fingerprint density at radius 1 is 0.391 bits per heavy atom. The molecule has 0 saturated carbocycles. The summed E-state index contributed by atoms with van der Waals surface area (Å²) in [6.07, 6.45) is 0. The van der Waals surface area contributed by atoms with E-state index in [0.717, 1.165) is 46.9 Å². The highest BCUT2D eigenvalue weighted by Gasteiger charge is 2.61. The van der Waals surface area contributed by atoms with E-state index in [1.807, 2.05) is 24.3 Å². The minimum atomic E-state index is -2.91. The van der Waals surface area contributed by atoms with Crippen molar-refractivity contribution in [3.05, 3.63) is 277 Å². The summed E-state index contributed by atoms with van der Waals surface area (Å²) in [7, 11) is 0. The number of rotatable bonds is 14. The van der Waals surface area contributed by atoms with Crippen LogP contribution in [0.25, 0.3) is 42.4 Å². The van der Waals surface area contributed by atoms with Crippen LogP contribution in [0.2, 0.25) is 0 Å². The molecule has 92 heavy (non-hydrogen) atoms. The average molecular weight is 1250 g/mol. The van der Waals surface area contributed by atoms with E-state index >= 15 is 19.2 Å². The van der Waals surface area contributed by atoms with Gasteiger partial charge in [-0.25, -0.2) is 29.2 Å². The molecule has 20 nitrogen and oxygen atoms in total. The topological polar surface area (TPSA) is 312 Å². The third kappa shape index (κ3) is 9.92. The van der Waals surface area contributed by atoms with Crippen molar-refractivity contribution < 1.29 is 47.6 Å². The van der Waals surface area contributed by atoms with E-state index in [4.69, 9.17) is 28.4 Å². The summed E-state index contributed by atoms with van der Waals surface area (Å²) >= 11 is 1.53. The van der Waals surface area contributed by atoms with Gasteiger partial charge in [-0.1, -0.05) is 121 Å². The molecule has 442 valence electrons. The number of hydrogen-bond donors (Lipinski definition) is 0. The highest BCUT2D eigenvalue weighted by Crippen LogP contribution is 2.59. The molecule has 2 aliphatic rings. The number of nitriles is 4. The lowest BCUT2D eigenvalue weighted by atomic mass is 9.85. The van der Waals surface area contributed by atoms with Crippen LogP contribution in [-0.2, 0) is 75.8 Å². The lowest BCUT2D eigenvalue weighted by Gasteiger charge is -2.37. The fraction of sp³-hybridized carbons (Fsp3) is 0.0857. The normalized spacial score (nSPS) is 12.7. The van der Waals surface area contributed by atoms with Gasteiger partial charge in [-0.3, -0.25) is 19.2 Å². The Bertz CT molecular complexity index is 4900. The smallest absolute Gasteiger partial charge is 0.367 e. The number of carbonyl (C=O) groups is 4. The van der Waals surface area contributed by atoms with Crippen LogP contribution in [0.5, 0.6) is 11.5 Å². The van der Waals surface area contributed by atoms with Gasteiger partial charge in [0.25, 0.3) is 0 Å². The van der Waals surface area contributed by atoms with E-state index in [0.29, 0.717) is 22.3 Å². The van der Waals surface area contributed by atoms with E-state index in [-0.39, 0.29) is 97.3 Å². The fourth-order valence-corrected chi connectivity index (χ4v) is 13.1. The van der Waals surface area contributed by atoms with E-state index in [1.54, 1.807) is 121 Å². The molecule has 0 radical (unpaired) electrons. The van der Waals surface area contributed by atoms with Gasteiger partial charge in [0.1, 0.15) is 72.2 Å². The van der Waals surface area contributed by atoms with Crippen LogP contribution >= 0.6 is 22.7 Å². The maximum absolute atomic E-state index is 15.4. The number of esters is 4. The van der Waals surface area contributed by atoms with Gasteiger partial charge < -0.3 is 28.4 Å². The predicted octanol–water partition coefficient (Wildman–Crippen LogP) is 8.74. The van der Waals surface area contributed by atoms with Crippen molar-refractivity contribution in [1.29, 1.82) is 21.0 Å². The van der Waals surface area contributed by atoms with Crippen molar-refractivity contribution in [1.82, 2.24) is 0 Å². The summed E-state index contributed by atoms with van der Waals surface area (Å²) in [5, 5.41) is 36.8. The molecule has 0 bridgehead atoms. The molecule has 0 unspecified atom stereocenters. The molecule has 0 spiro atoms. The molecule has 9 aromatic carbocycles. The molecule has 0 fully saturated rings. The Morgan fingerprint density at radius 2 is 0.652 bits per heavy atom. The zero-order chi connectivity index (χ0) is 64.0. The van der Waals surface area contributed by atoms with E-state index in [1.165, 1.54) is 24.3 Å². The van der Waals surface area contributed by atoms with Crippen LogP contribution in [0.15, 0.2) is 199 Å². The van der Waals surface area contributed by atoms with Gasteiger partial charge in [0.2, 0.25) is 21.7 Å². The van der Waals surface area contributed by atoms with Gasteiger partial charge in [-0.15, -0.1) is 22.7 Å². The SMILES string of the molecule is N#Cc1cc2c(=O)c(=Nc3cc4c(s3)-c3cc5c(cc3OC4(C(=O)OCc3ccccc3)C(=O)OCc3ccccc3)-c3sc(N=c4c(=O)c6cc(C#N)c(C#N)cc6c4=O)cc3C(C(=O)OCc3ccccc3)(C(=O)OCc3ccccc3)O5)c(=O)c2cc1C#N. The Morgan fingerprint density at radius 3 is 0.902 bits per heavy atom. The van der Waals surface area contributed by atoms with Crippen molar-refractivity contribution in [2.24, 2.45) is 9.98 Å². The van der Waals surface area contributed by atoms with Gasteiger partial charge in [-0.05, 0) is 70.8 Å². The number of hydrogen-bond acceptors (Lipinski definition) is 22. The summed E-state index contributed by atoms with van der Waals surface area (Å²) < 4.78 is 37.6. The van der Waals surface area contributed by atoms with Crippen molar-refractivity contribution in [3.63, 3.8) is 0 Å². The molecule has 0 aliphatic carbocycles. The largest absolute Gasteiger partial charge is 0.459 e. The molecule has 13 rings (SSSR count). The number of ether oxygens (including phenoxy) is 6. The maximum atomic E-state index is 15.4. The van der Waals surface area contributed by atoms with Crippen LogP contribution in [-0.4, -0.2) is 23.9 Å². The zero-order valence-corrected chi connectivity index (χ0v) is 48.8. The second-order valence-electron chi connectivity index (χ2n) is 20.9. The summed E-state index contributed by atoms with van der Waals surface area (Å²) in [6, 6.07) is 51.1. The van der Waals surface area contributed by atoms with E-state index in [2.05, 4.69) is 9.98 Å². The van der Waals surface area contributed by atoms with E-state index < -0.39 is 93.9 Å². The Hall–Kier alpha value is -12.6. The van der Waals surface area contributed by atoms with Crippen LogP contribution in [0.1, 0.15) is 55.6 Å². The van der Waals surface area contributed by atoms with Crippen molar-refractivity contribution >= 4 is 78.1 Å². The number of carbonyl (C=O) groups excluding carboxylic acids is 4. The Balaban J connectivity index is 1.05. The minimum Gasteiger partial charge on any atom is -0.459 e. The lowest BCUT2D eigenvalue weighted by Crippen LogP contribution is -2.52. The fourth-order valence-electron chi connectivity index (χ4n) is 10.8. The van der Waals surface area contributed by atoms with Crippen LogP contribution in [0.4, 0.5) is 10.0 Å². The highest BCUT2D eigenvalue weighted by molar-refractivity contribution is 7.20. The number of thiophene rings is 2. The standard InChI is InChI=1S/C70H36N6O14S2/c71-29-41-21-45-46(22-42(41)30-72)60(78)57(59(45)77)75-55-27-51-63(91-55)49-26-54-50(25-53(49)89-69(51,65(81)85-33-37-13-5-1-6-14-37)66(82)86-34-38-15-7-2-8-16-38)64-52(28-56(92-64)76-58-61(79)47-23-43(31-73)44(32-74)24-48(47)62(58)80)70(90-54,67(83)87-35-39-17-9-3-10-18-39)68(84)88-36-40-19-11-4-12-20-40/h1-28H,33-36H2. The minimum absolute atomic E-state index is 0.00386. The molecule has 2 aliphatic heterocycles. The highest BCUT2D eigenvalue weighted by atomic mass is 32.1. The maximum Gasteiger partial charge on any atom is 0.367 e. The summed E-state index contributed by atoms with van der Waals surface area (Å²) in [5.74, 6) is -5.68. The van der Waals surface area contributed by atoms with Crippen LogP contribution in [0, 0.1) is 45.3 Å². The van der Waals surface area contributed by atoms with Crippen molar-refractivity contribution in [3.8, 4) is 56.7 Å². The number of nitrogens with zero attached hydrogens (tertiary/aromatic N) is 6. The van der Waals surface area contributed by atoms with Gasteiger partial charge in [0, 0.05) is 53.6 Å². The quantitative estimate of drug-likeness (QED) is 0.0558. The molecular formula is C70H36N6O14S2. The summed E-state index contributed by atoms with van der Waals surface area (Å²) in [6.45, 7) is -1.58. The molecular weight excluding hydrogens is 1210 g/mol. The average Bonchev–Trinajstić information content (AvgIpc) is 1.41. The summed E-state index contributed by atoms with van der Waals surface area (Å²) in [4.78, 5) is 127. The molecule has 0 atom stereocenters. The third-order valence-electron chi connectivity index (χ3n) is 15.4. The third-order valence-corrected chi connectivity index (χ3v) is 17.5. The molecule has 4 heterocycles. The molecule has 0 saturated heterocycles. The Kier molecular flexibility index (Phi) is 14.9. The Labute approximate surface area is 525 Å². The van der Waals surface area contributed by atoms with Gasteiger partial charge in [-0.2, -0.15) is 21.0 Å². The van der Waals surface area contributed by atoms with Gasteiger partial charge >= 0.3 is 35.1 Å². The molecule has 22 heteroatoms.